The molecule has 1 N–H and O–H groups in total. The highest BCUT2D eigenvalue weighted by molar-refractivity contribution is 7.89. The molecule has 0 unspecified atom stereocenters. The van der Waals surface area contributed by atoms with Crippen molar-refractivity contribution in [2.75, 3.05) is 13.1 Å². The van der Waals surface area contributed by atoms with Gasteiger partial charge in [-0.2, -0.15) is 4.31 Å². The van der Waals surface area contributed by atoms with Crippen molar-refractivity contribution < 1.29 is 17.6 Å². The fourth-order valence-electron chi connectivity index (χ4n) is 5.23. The largest absolute Gasteiger partial charge is 0.420 e. The Bertz CT molecular complexity index is 1140. The van der Waals surface area contributed by atoms with Gasteiger partial charge in [-0.25, -0.2) is 13.2 Å². The maximum absolute atomic E-state index is 13.2. The molecule has 1 aliphatic carbocycles. The second-order valence-corrected chi connectivity index (χ2v) is 11.7. The van der Waals surface area contributed by atoms with Crippen molar-refractivity contribution in [3.8, 4) is 0 Å². The maximum Gasteiger partial charge on any atom is 0.420 e. The van der Waals surface area contributed by atoms with Gasteiger partial charge in [0, 0.05) is 25.2 Å². The number of sulfonamides is 1. The summed E-state index contributed by atoms with van der Waals surface area (Å²) in [5, 5.41) is 3.04. The summed E-state index contributed by atoms with van der Waals surface area (Å²) in [6.45, 7) is 7.06. The van der Waals surface area contributed by atoms with E-state index in [4.69, 9.17) is 4.42 Å². The number of aromatic nitrogens is 1. The van der Waals surface area contributed by atoms with E-state index in [2.05, 4.69) is 26.1 Å². The summed E-state index contributed by atoms with van der Waals surface area (Å²) in [4.78, 5) is 25.1. The van der Waals surface area contributed by atoms with Crippen LogP contribution >= 0.6 is 0 Å². The molecule has 2 heterocycles. The Kier molecular flexibility index (Phi) is 6.49. The standard InChI is InChI=1S/C23H33N3O5S/c1-15-10-16(2)13-25(12-15)32(29,30)18-8-9-20-21(11-18)31-23(28)26(20)14-22(27)24-19-7-5-4-6-17(19)3/h8-9,11,15-17,19H,4-7,10,12-14H2,1-3H3,(H,24,27)/t15-,16+,17-,19+/m0/s1. The van der Waals surface area contributed by atoms with E-state index in [1.165, 1.54) is 27.4 Å². The number of carbonyl (C=O) groups excluding carboxylic acids is 1. The van der Waals surface area contributed by atoms with Gasteiger partial charge in [-0.3, -0.25) is 9.36 Å². The van der Waals surface area contributed by atoms with Crippen LogP contribution in [0.15, 0.2) is 32.3 Å². The quantitative estimate of drug-likeness (QED) is 0.735. The predicted octanol–water partition coefficient (Wildman–Crippen LogP) is 2.96. The zero-order valence-corrected chi connectivity index (χ0v) is 19.9. The van der Waals surface area contributed by atoms with Crippen LogP contribution in [0.3, 0.4) is 0 Å². The number of oxazole rings is 1. The summed E-state index contributed by atoms with van der Waals surface area (Å²) in [5.41, 5.74) is 0.592. The van der Waals surface area contributed by atoms with Crippen LogP contribution in [0.5, 0.6) is 0 Å². The van der Waals surface area contributed by atoms with Gasteiger partial charge in [-0.1, -0.05) is 33.6 Å². The average Bonchev–Trinajstić information content (AvgIpc) is 3.03. The lowest BCUT2D eigenvalue weighted by molar-refractivity contribution is -0.123. The fourth-order valence-corrected chi connectivity index (χ4v) is 6.93. The third kappa shape index (κ3) is 4.64. The zero-order chi connectivity index (χ0) is 23.0. The molecule has 9 heteroatoms. The number of fused-ring (bicyclic) bond motifs is 1. The van der Waals surface area contributed by atoms with Gasteiger partial charge in [0.2, 0.25) is 15.9 Å². The molecule has 4 atom stereocenters. The number of hydrogen-bond donors (Lipinski definition) is 1. The molecule has 1 aromatic heterocycles. The van der Waals surface area contributed by atoms with Crippen LogP contribution < -0.4 is 11.1 Å². The molecule has 2 aliphatic rings. The Hall–Kier alpha value is -2.13. The summed E-state index contributed by atoms with van der Waals surface area (Å²) >= 11 is 0. The molecular weight excluding hydrogens is 430 g/mol. The molecule has 4 rings (SSSR count). The number of nitrogens with zero attached hydrogens (tertiary/aromatic N) is 2. The van der Waals surface area contributed by atoms with Gasteiger partial charge >= 0.3 is 5.76 Å². The first kappa shape index (κ1) is 23.0. The van der Waals surface area contributed by atoms with Crippen LogP contribution in [-0.2, 0) is 21.4 Å². The lowest BCUT2D eigenvalue weighted by Gasteiger charge is -2.34. The van der Waals surface area contributed by atoms with Crippen molar-refractivity contribution in [1.29, 1.82) is 0 Å². The Balaban J connectivity index is 1.55. The zero-order valence-electron chi connectivity index (χ0n) is 19.0. The van der Waals surface area contributed by atoms with E-state index < -0.39 is 15.8 Å². The smallest absolute Gasteiger partial charge is 0.408 e. The van der Waals surface area contributed by atoms with Crippen LogP contribution in [0.4, 0.5) is 0 Å². The van der Waals surface area contributed by atoms with Gasteiger partial charge in [-0.05, 0) is 49.1 Å². The molecule has 2 aromatic rings. The van der Waals surface area contributed by atoms with Gasteiger partial charge in [0.25, 0.3) is 0 Å². The number of amides is 1. The van der Waals surface area contributed by atoms with E-state index in [0.29, 0.717) is 36.4 Å². The third-order valence-electron chi connectivity index (χ3n) is 6.87. The molecule has 176 valence electrons. The summed E-state index contributed by atoms with van der Waals surface area (Å²) in [6.07, 6.45) is 5.31. The van der Waals surface area contributed by atoms with Crippen molar-refractivity contribution in [1.82, 2.24) is 14.2 Å². The second-order valence-electron chi connectivity index (χ2n) is 9.79. The molecule has 1 amide bonds. The van der Waals surface area contributed by atoms with Crippen LogP contribution in [0, 0.1) is 17.8 Å². The molecule has 1 aromatic carbocycles. The SMILES string of the molecule is C[C@@H]1C[C@H](C)CN(S(=O)(=O)c2ccc3c(c2)oc(=O)n3CC(=O)N[C@@H]2CCCC[C@@H]2C)C1. The first-order chi connectivity index (χ1) is 15.1. The Morgan fingerprint density at radius 2 is 1.81 bits per heavy atom. The van der Waals surface area contributed by atoms with Crippen molar-refractivity contribution in [2.24, 2.45) is 17.8 Å². The molecule has 1 saturated carbocycles. The van der Waals surface area contributed by atoms with Gasteiger partial charge < -0.3 is 9.73 Å². The average molecular weight is 464 g/mol. The fraction of sp³-hybridized carbons (Fsp3) is 0.652. The minimum absolute atomic E-state index is 0.104. The minimum Gasteiger partial charge on any atom is -0.408 e. The van der Waals surface area contributed by atoms with Crippen molar-refractivity contribution >= 4 is 27.0 Å². The molecular formula is C23H33N3O5S. The Labute approximate surface area is 189 Å². The topological polar surface area (TPSA) is 102 Å². The number of rotatable bonds is 5. The minimum atomic E-state index is -3.69. The molecule has 2 fully saturated rings. The van der Waals surface area contributed by atoms with Crippen molar-refractivity contribution in [3.05, 3.63) is 28.7 Å². The summed E-state index contributed by atoms with van der Waals surface area (Å²) < 4.78 is 34.5. The van der Waals surface area contributed by atoms with Gasteiger partial charge in [0.15, 0.2) is 5.58 Å². The van der Waals surface area contributed by atoms with E-state index in [9.17, 15) is 18.0 Å². The number of piperidine rings is 1. The van der Waals surface area contributed by atoms with Crippen molar-refractivity contribution in [3.63, 3.8) is 0 Å². The molecule has 0 bridgehead atoms. The summed E-state index contributed by atoms with van der Waals surface area (Å²) in [7, 11) is -3.69. The van der Waals surface area contributed by atoms with Crippen LogP contribution in [0.2, 0.25) is 0 Å². The second kappa shape index (κ2) is 9.02. The van der Waals surface area contributed by atoms with Crippen molar-refractivity contribution in [2.45, 2.75) is 70.4 Å². The molecule has 8 nitrogen and oxygen atoms in total. The van der Waals surface area contributed by atoms with E-state index in [-0.39, 0.29) is 29.0 Å². The van der Waals surface area contributed by atoms with E-state index in [1.807, 2.05) is 0 Å². The van der Waals surface area contributed by atoms with Crippen LogP contribution in [0.1, 0.15) is 52.9 Å². The number of hydrogen-bond acceptors (Lipinski definition) is 5. The van der Waals surface area contributed by atoms with E-state index in [0.717, 1.165) is 25.7 Å². The summed E-state index contributed by atoms with van der Waals surface area (Å²) in [6, 6.07) is 4.57. The predicted molar refractivity (Wildman–Crippen MR) is 122 cm³/mol. The summed E-state index contributed by atoms with van der Waals surface area (Å²) in [5.74, 6) is 0.102. The monoisotopic (exact) mass is 463 g/mol. The third-order valence-corrected chi connectivity index (χ3v) is 8.70. The molecule has 0 spiro atoms. The number of benzene rings is 1. The molecule has 1 aliphatic heterocycles. The molecule has 1 saturated heterocycles. The lowest BCUT2D eigenvalue weighted by Crippen LogP contribution is -2.43. The number of nitrogens with one attached hydrogen (secondary N) is 1. The molecule has 32 heavy (non-hydrogen) atoms. The van der Waals surface area contributed by atoms with Crippen LogP contribution in [0.25, 0.3) is 11.1 Å². The highest BCUT2D eigenvalue weighted by Gasteiger charge is 2.32. The highest BCUT2D eigenvalue weighted by Crippen LogP contribution is 2.28. The van der Waals surface area contributed by atoms with Gasteiger partial charge in [-0.15, -0.1) is 0 Å². The highest BCUT2D eigenvalue weighted by atomic mass is 32.2. The normalized spacial score (nSPS) is 27.5. The van der Waals surface area contributed by atoms with Gasteiger partial charge in [0.1, 0.15) is 6.54 Å². The Morgan fingerprint density at radius 1 is 1.12 bits per heavy atom. The lowest BCUT2D eigenvalue weighted by atomic mass is 9.86. The van der Waals surface area contributed by atoms with E-state index in [1.54, 1.807) is 6.07 Å². The van der Waals surface area contributed by atoms with Gasteiger partial charge in [0.05, 0.1) is 10.4 Å². The Morgan fingerprint density at radius 3 is 2.50 bits per heavy atom. The first-order valence-electron chi connectivity index (χ1n) is 11.6. The molecule has 0 radical (unpaired) electrons. The number of carbonyl (C=O) groups is 1. The maximum atomic E-state index is 13.2. The van der Waals surface area contributed by atoms with Crippen LogP contribution in [-0.4, -0.2) is 42.3 Å². The first-order valence-corrected chi connectivity index (χ1v) is 13.0. The van der Waals surface area contributed by atoms with E-state index >= 15 is 0 Å².